The van der Waals surface area contributed by atoms with Gasteiger partial charge in [-0.2, -0.15) is 0 Å². The maximum Gasteiger partial charge on any atom is 0.0465 e. The summed E-state index contributed by atoms with van der Waals surface area (Å²) < 4.78 is 0. The van der Waals surface area contributed by atoms with Crippen LogP contribution in [0.2, 0.25) is 15.1 Å². The molecule has 0 aromatic heterocycles. The molecule has 0 aliphatic rings. The number of rotatable bonds is 4. The van der Waals surface area contributed by atoms with Gasteiger partial charge in [0.2, 0.25) is 0 Å². The van der Waals surface area contributed by atoms with Crippen LogP contribution in [0.5, 0.6) is 0 Å². The predicted molar refractivity (Wildman–Crippen MR) is 83.2 cm³/mol. The first-order chi connectivity index (χ1) is 9.06. The molecule has 0 radical (unpaired) electrons. The first kappa shape index (κ1) is 14.7. The molecule has 1 atom stereocenters. The summed E-state index contributed by atoms with van der Waals surface area (Å²) in [6.45, 7) is 2.80. The predicted octanol–water partition coefficient (Wildman–Crippen LogP) is 5.50. The highest BCUT2D eigenvalue weighted by Crippen LogP contribution is 2.22. The van der Waals surface area contributed by atoms with Crippen molar-refractivity contribution in [3.63, 3.8) is 0 Å². The molecular formula is C15H14Cl3N. The van der Waals surface area contributed by atoms with E-state index in [1.165, 1.54) is 5.56 Å². The second-order valence-corrected chi connectivity index (χ2v) is 5.67. The van der Waals surface area contributed by atoms with Crippen LogP contribution in [0.4, 0.5) is 0 Å². The molecule has 0 bridgehead atoms. The average Bonchev–Trinajstić information content (AvgIpc) is 2.38. The summed E-state index contributed by atoms with van der Waals surface area (Å²) in [5.74, 6) is 0. The van der Waals surface area contributed by atoms with Crippen molar-refractivity contribution in [3.8, 4) is 0 Å². The molecule has 1 N–H and O–H groups in total. The third kappa shape index (κ3) is 4.12. The summed E-state index contributed by atoms with van der Waals surface area (Å²) in [6, 6.07) is 13.6. The third-order valence-electron chi connectivity index (χ3n) is 2.98. The molecule has 0 amide bonds. The summed E-state index contributed by atoms with van der Waals surface area (Å²) in [5.41, 5.74) is 2.22. The third-order valence-corrected chi connectivity index (χ3v) is 3.82. The van der Waals surface area contributed by atoms with E-state index in [4.69, 9.17) is 34.8 Å². The molecule has 0 aliphatic carbocycles. The van der Waals surface area contributed by atoms with Gasteiger partial charge < -0.3 is 5.32 Å². The summed E-state index contributed by atoms with van der Waals surface area (Å²) >= 11 is 17.9. The molecule has 0 saturated heterocycles. The van der Waals surface area contributed by atoms with Gasteiger partial charge >= 0.3 is 0 Å². The van der Waals surface area contributed by atoms with Crippen LogP contribution in [0, 0.1) is 0 Å². The van der Waals surface area contributed by atoms with Crippen molar-refractivity contribution >= 4 is 34.8 Å². The minimum atomic E-state index is 0.226. The van der Waals surface area contributed by atoms with Crippen molar-refractivity contribution in [1.82, 2.24) is 5.32 Å². The van der Waals surface area contributed by atoms with E-state index in [0.29, 0.717) is 16.6 Å². The summed E-state index contributed by atoms with van der Waals surface area (Å²) in [5, 5.41) is 5.51. The van der Waals surface area contributed by atoms with Gasteiger partial charge in [0.1, 0.15) is 0 Å². The van der Waals surface area contributed by atoms with Crippen molar-refractivity contribution < 1.29 is 0 Å². The van der Waals surface area contributed by atoms with Gasteiger partial charge in [-0.15, -0.1) is 0 Å². The molecule has 0 saturated carbocycles. The maximum absolute atomic E-state index is 6.14. The van der Waals surface area contributed by atoms with Crippen molar-refractivity contribution in [1.29, 1.82) is 0 Å². The van der Waals surface area contributed by atoms with Gasteiger partial charge in [0.05, 0.1) is 0 Å². The highest BCUT2D eigenvalue weighted by atomic mass is 35.5. The van der Waals surface area contributed by atoms with Crippen LogP contribution >= 0.6 is 34.8 Å². The van der Waals surface area contributed by atoms with E-state index in [1.807, 2.05) is 36.4 Å². The van der Waals surface area contributed by atoms with E-state index in [2.05, 4.69) is 12.2 Å². The molecule has 19 heavy (non-hydrogen) atoms. The number of halogens is 3. The summed E-state index contributed by atoms with van der Waals surface area (Å²) in [4.78, 5) is 0. The second-order valence-electron chi connectivity index (χ2n) is 4.39. The molecule has 1 nitrogen and oxygen atoms in total. The Kier molecular flexibility index (Phi) is 5.12. The zero-order valence-corrected chi connectivity index (χ0v) is 12.7. The Bertz CT molecular complexity index is 552. The van der Waals surface area contributed by atoms with Gasteiger partial charge in [-0.3, -0.25) is 0 Å². The van der Waals surface area contributed by atoms with Crippen LogP contribution in [-0.2, 0) is 6.54 Å². The van der Waals surface area contributed by atoms with Crippen LogP contribution in [0.25, 0.3) is 0 Å². The van der Waals surface area contributed by atoms with Gasteiger partial charge in [0.25, 0.3) is 0 Å². The minimum Gasteiger partial charge on any atom is -0.306 e. The first-order valence-corrected chi connectivity index (χ1v) is 7.12. The fraction of sp³-hybridized carbons (Fsp3) is 0.200. The molecule has 0 spiro atoms. The van der Waals surface area contributed by atoms with Gasteiger partial charge in [0.15, 0.2) is 0 Å². The van der Waals surface area contributed by atoms with E-state index in [1.54, 1.807) is 6.07 Å². The lowest BCUT2D eigenvalue weighted by Crippen LogP contribution is -2.18. The molecule has 0 aliphatic heterocycles. The number of nitrogens with one attached hydrogen (secondary N) is 1. The van der Waals surface area contributed by atoms with Crippen molar-refractivity contribution in [3.05, 3.63) is 68.7 Å². The zero-order chi connectivity index (χ0) is 13.8. The topological polar surface area (TPSA) is 12.0 Å². The van der Waals surface area contributed by atoms with Crippen molar-refractivity contribution in [2.24, 2.45) is 0 Å². The Morgan fingerprint density at radius 3 is 2.21 bits per heavy atom. The van der Waals surface area contributed by atoms with E-state index in [9.17, 15) is 0 Å². The number of benzene rings is 2. The zero-order valence-electron chi connectivity index (χ0n) is 10.5. The molecule has 2 aromatic carbocycles. The fourth-order valence-corrected chi connectivity index (χ4v) is 2.40. The van der Waals surface area contributed by atoms with E-state index >= 15 is 0 Å². The number of hydrogen-bond acceptors (Lipinski definition) is 1. The Morgan fingerprint density at radius 1 is 0.947 bits per heavy atom. The molecule has 2 rings (SSSR count). The summed E-state index contributed by atoms with van der Waals surface area (Å²) in [7, 11) is 0. The van der Waals surface area contributed by atoms with Crippen molar-refractivity contribution in [2.45, 2.75) is 19.5 Å². The lowest BCUT2D eigenvalue weighted by molar-refractivity contribution is 0.575. The molecular weight excluding hydrogens is 301 g/mol. The Morgan fingerprint density at radius 2 is 1.58 bits per heavy atom. The van der Waals surface area contributed by atoms with Gasteiger partial charge in [0, 0.05) is 27.7 Å². The van der Waals surface area contributed by atoms with Crippen LogP contribution in [0.3, 0.4) is 0 Å². The lowest BCUT2D eigenvalue weighted by Gasteiger charge is -2.15. The summed E-state index contributed by atoms with van der Waals surface area (Å²) in [6.07, 6.45) is 0. The largest absolute Gasteiger partial charge is 0.306 e. The maximum atomic E-state index is 6.14. The smallest absolute Gasteiger partial charge is 0.0465 e. The second kappa shape index (κ2) is 6.62. The van der Waals surface area contributed by atoms with Gasteiger partial charge in [-0.05, 0) is 42.3 Å². The quantitative estimate of drug-likeness (QED) is 0.786. The average molecular weight is 315 g/mol. The monoisotopic (exact) mass is 313 g/mol. The molecule has 4 heteroatoms. The van der Waals surface area contributed by atoms with E-state index < -0.39 is 0 Å². The van der Waals surface area contributed by atoms with Crippen LogP contribution in [0.1, 0.15) is 24.1 Å². The van der Waals surface area contributed by atoms with Crippen LogP contribution in [0.15, 0.2) is 42.5 Å². The van der Waals surface area contributed by atoms with Crippen LogP contribution < -0.4 is 5.32 Å². The Balaban J connectivity index is 2.00. The molecule has 0 unspecified atom stereocenters. The fourth-order valence-electron chi connectivity index (χ4n) is 1.80. The lowest BCUT2D eigenvalue weighted by atomic mass is 10.1. The molecule has 0 heterocycles. The standard InChI is InChI=1S/C15H14Cl3N/c1-10(11-2-5-13(16)6-3-11)19-9-12-4-7-14(17)8-15(12)18/h2-8,10,19H,9H2,1H3/t10-/m1/s1. The molecule has 0 fully saturated rings. The first-order valence-electron chi connectivity index (χ1n) is 5.99. The highest BCUT2D eigenvalue weighted by molar-refractivity contribution is 6.35. The SMILES string of the molecule is C[C@@H](NCc1ccc(Cl)cc1Cl)c1ccc(Cl)cc1. The van der Waals surface area contributed by atoms with E-state index in [0.717, 1.165) is 10.6 Å². The van der Waals surface area contributed by atoms with Gasteiger partial charge in [-0.25, -0.2) is 0 Å². The van der Waals surface area contributed by atoms with E-state index in [-0.39, 0.29) is 6.04 Å². The van der Waals surface area contributed by atoms with Crippen LogP contribution in [-0.4, -0.2) is 0 Å². The number of hydrogen-bond donors (Lipinski definition) is 1. The minimum absolute atomic E-state index is 0.226. The molecule has 2 aromatic rings. The van der Waals surface area contributed by atoms with Crippen molar-refractivity contribution in [2.75, 3.05) is 0 Å². The highest BCUT2D eigenvalue weighted by Gasteiger charge is 2.06. The normalized spacial score (nSPS) is 12.4. The van der Waals surface area contributed by atoms with Gasteiger partial charge in [-0.1, -0.05) is 53.0 Å². The Hall–Kier alpha value is -0.730. The Labute approximate surface area is 128 Å². The molecule has 100 valence electrons.